The van der Waals surface area contributed by atoms with Crippen LogP contribution in [0.4, 0.5) is 39.0 Å². The van der Waals surface area contributed by atoms with Gasteiger partial charge in [0.25, 0.3) is 0 Å². The molecule has 18 N–H and O–H groups in total. The van der Waals surface area contributed by atoms with Crippen LogP contribution in [0.3, 0.4) is 0 Å². The lowest BCUT2D eigenvalue weighted by Gasteiger charge is -2.25. The number of halogens is 9. The number of benzene rings is 4. The van der Waals surface area contributed by atoms with Crippen LogP contribution in [-0.2, 0) is 45.5 Å². The van der Waals surface area contributed by atoms with Gasteiger partial charge in [0.15, 0.2) is 17.5 Å². The second kappa shape index (κ2) is 34.3. The van der Waals surface area contributed by atoms with Crippen LogP contribution < -0.4 is 52.1 Å². The van der Waals surface area contributed by atoms with Crippen LogP contribution in [0.2, 0.25) is 15.1 Å². The first-order valence-corrected chi connectivity index (χ1v) is 40.5. The average molecular weight is 1770 g/mol. The second-order valence-corrected chi connectivity index (χ2v) is 32.7. The molecule has 0 bridgehead atoms. The molecule has 4 fully saturated rings. The number of nitrogens with one attached hydrogen (secondary N) is 3. The largest absolute Gasteiger partial charge is 0.487 e. The van der Waals surface area contributed by atoms with Gasteiger partial charge < -0.3 is 116 Å². The smallest absolute Gasteiger partial charge is 0.162 e. The highest BCUT2D eigenvalue weighted by Gasteiger charge is 2.49. The fraction of sp³-hybridized carbons (Fsp3) is 0.378. The number of aliphatic hydroxyl groups is 9. The maximum absolute atomic E-state index is 14.4. The van der Waals surface area contributed by atoms with E-state index in [9.17, 15) is 67.9 Å². The van der Waals surface area contributed by atoms with E-state index in [2.05, 4.69) is 56.8 Å². The second-order valence-electron chi connectivity index (χ2n) is 30.6. The molecule has 119 heavy (non-hydrogen) atoms. The predicted molar refractivity (Wildman–Crippen MR) is 435 cm³/mol. The molecule has 7 aliphatic rings. The summed E-state index contributed by atoms with van der Waals surface area (Å²) in [6, 6.07) is 14.2. The zero-order valence-electron chi connectivity index (χ0n) is 63.4. The predicted octanol–water partition coefficient (Wildman–Crippen LogP) is 8.90. The van der Waals surface area contributed by atoms with Crippen LogP contribution in [0, 0.1) is 36.0 Å². The number of aromatic nitrogens is 9. The van der Waals surface area contributed by atoms with Crippen molar-refractivity contribution in [3.8, 4) is 23.0 Å². The molecule has 12 aromatic rings. The Morgan fingerprint density at radius 3 is 1.45 bits per heavy atom. The number of pyridine rings is 3. The van der Waals surface area contributed by atoms with Crippen LogP contribution in [0.1, 0.15) is 94.6 Å². The molecule has 16 atom stereocenters. The van der Waals surface area contributed by atoms with Crippen molar-refractivity contribution in [3.05, 3.63) is 210 Å². The fourth-order valence-electron chi connectivity index (χ4n) is 17.4. The Labute approximate surface area is 698 Å². The van der Waals surface area contributed by atoms with Crippen molar-refractivity contribution in [2.45, 2.75) is 176 Å². The summed E-state index contributed by atoms with van der Waals surface area (Å²) in [6.07, 6.45) is 3.29. The van der Waals surface area contributed by atoms with E-state index in [4.69, 9.17) is 71.0 Å². The molecule has 0 radical (unpaired) electrons. The average Bonchev–Trinajstić information content (AvgIpc) is 1.63. The molecule has 37 heteroatoms. The summed E-state index contributed by atoms with van der Waals surface area (Å²) in [5, 5.41) is 108. The van der Waals surface area contributed by atoms with Gasteiger partial charge in [-0.2, -0.15) is 0 Å². The van der Waals surface area contributed by atoms with E-state index in [1.54, 1.807) is 71.2 Å². The molecular weight excluding hydrogens is 1680 g/mol. The Balaban J connectivity index is 0.000000118. The summed E-state index contributed by atoms with van der Waals surface area (Å²) in [6.45, 7) is 4.90. The first-order valence-electron chi connectivity index (χ1n) is 38.6. The molecule has 28 nitrogen and oxygen atoms in total. The van der Waals surface area contributed by atoms with Crippen molar-refractivity contribution in [2.24, 2.45) is 0 Å². The standard InChI is InChI=1S/C21H22BrClN4O3.C21H21ClF2N4O3.C21H22F2N4O3.C19H19ClFN3O4/c22-13-9-27(21-18(13)14(24)2-4-26-21)15-7-17(20(29)19(15)28)30-16-6-11(23)5-10-1-3-25-8-12(10)16;22-11-8-28(21-17(11)13(25)2-4-27-21)14-6-16(20(30)19(14)29)31-15-5-12(23)18(24)9-1-3-26-7-10(9)15;1-10-25-8-13-15(23)9-27(21(13)26-10)16-6-18(20(29)19(16)28)30-17-3-2-14(22)11-4-5-24-7-12(11)17;20-11-7-24(19-16(11)12(22)3-4-23-19)13-6-15(18(27)17(13)26)28-14-2-1-10(21)5-9(14)8-25/h2,4-6,9,15,17,19-20,25,28-29H,1,3,7-8H2,(H2,24,26);2,4-5,8,14,16,19-20,26,29-30H,1,3,6-7H2,(H2,25,27);2-3,8-9,16,18-20,24,28-29H,4-7H2,1H3;1-5,7,13,15,17-18,25-27H,6,8H2,(H2,22,23)/t15?,17?,19-,20+;14?,16?,19-,20+;16?,18?,19-,20+;13?,15?,17-,18+/m0000/s1. The van der Waals surface area contributed by atoms with E-state index in [0.29, 0.717) is 146 Å². The topological polar surface area (TPSA) is 417 Å². The zero-order chi connectivity index (χ0) is 83.8. The maximum atomic E-state index is 14.4. The molecule has 628 valence electrons. The van der Waals surface area contributed by atoms with Crippen molar-refractivity contribution < 1.29 is 86.9 Å². The van der Waals surface area contributed by atoms with E-state index >= 15 is 0 Å². The van der Waals surface area contributed by atoms with Gasteiger partial charge in [-0.25, -0.2) is 46.9 Å². The summed E-state index contributed by atoms with van der Waals surface area (Å²) in [5.41, 5.74) is 26.2. The summed E-state index contributed by atoms with van der Waals surface area (Å²) in [5.74, 6) is -1.10. The third kappa shape index (κ3) is 15.9. The third-order valence-electron chi connectivity index (χ3n) is 23.4. The van der Waals surface area contributed by atoms with Crippen LogP contribution >= 0.6 is 50.7 Å². The number of hydrogen-bond donors (Lipinski definition) is 15. The molecule has 4 aliphatic carbocycles. The van der Waals surface area contributed by atoms with Crippen molar-refractivity contribution >= 4 is 112 Å². The normalized spacial score (nSPS) is 25.7. The molecule has 0 spiro atoms. The molecular formula is C82H84BrCl3F5N15O13. The first-order chi connectivity index (χ1) is 57.1. The SMILES string of the molecule is Cc1ncc2c(F)cn(C3CC(Oc4ccc(F)c5c4CNCC5)[C@@H](O)[C@H]3O)c2n1.Nc1ccnc2c1c(Br)cn2C1CC(Oc2cc(Cl)cc3c2CNCC3)[C@@H](O)[C@H]1O.Nc1ccnc2c1c(Cl)cn2C1CC(Oc2cc(F)c(F)c3c2CNCC3)[C@@H](O)[C@H]1O.Nc1ccnc2c1c(Cl)cn2C1CC(Oc2ccc(F)cc2CO)[C@@H](O)[C@H]1O. The van der Waals surface area contributed by atoms with Gasteiger partial charge in [-0.15, -0.1) is 0 Å². The van der Waals surface area contributed by atoms with Gasteiger partial charge in [0.2, 0.25) is 0 Å². The summed E-state index contributed by atoms with van der Waals surface area (Å²) < 4.78 is 102. The first kappa shape index (κ1) is 83.3. The number of nitrogens with two attached hydrogens (primary N) is 3. The number of nitrogens with zero attached hydrogens (tertiary/aromatic N) is 9. The van der Waals surface area contributed by atoms with Crippen molar-refractivity contribution in [3.63, 3.8) is 0 Å². The molecule has 0 amide bonds. The molecule has 0 saturated heterocycles. The number of aryl methyl sites for hydroxylation is 1. The molecule has 11 heterocycles. The van der Waals surface area contributed by atoms with Crippen molar-refractivity contribution in [1.29, 1.82) is 0 Å². The van der Waals surface area contributed by atoms with E-state index in [-0.39, 0.29) is 53.1 Å². The van der Waals surface area contributed by atoms with Gasteiger partial charge in [-0.05, 0) is 134 Å². The minimum Gasteiger partial charge on any atom is -0.487 e. The van der Waals surface area contributed by atoms with Gasteiger partial charge in [0, 0.05) is 155 Å². The monoisotopic (exact) mass is 1770 g/mol. The minimum absolute atomic E-state index is 0.163. The van der Waals surface area contributed by atoms with Crippen LogP contribution in [0.25, 0.3) is 44.1 Å². The van der Waals surface area contributed by atoms with Gasteiger partial charge >= 0.3 is 0 Å². The Morgan fingerprint density at radius 1 is 0.462 bits per heavy atom. The van der Waals surface area contributed by atoms with Gasteiger partial charge in [-0.1, -0.05) is 34.8 Å². The van der Waals surface area contributed by atoms with Gasteiger partial charge in [-0.3, -0.25) is 0 Å². The van der Waals surface area contributed by atoms with Crippen LogP contribution in [0.15, 0.2) is 121 Å². The molecule has 19 rings (SSSR count). The number of nitrogen functional groups attached to an aromatic ring is 3. The lowest BCUT2D eigenvalue weighted by Crippen LogP contribution is -2.35. The third-order valence-corrected chi connectivity index (χ3v) is 24.8. The maximum Gasteiger partial charge on any atom is 0.162 e. The quantitative estimate of drug-likeness (QED) is 0.0479. The molecule has 3 aliphatic heterocycles. The number of fused-ring (bicyclic) bond motifs is 7. The summed E-state index contributed by atoms with van der Waals surface area (Å²) in [4.78, 5) is 21.4. The molecule has 8 aromatic heterocycles. The number of rotatable bonds is 13. The van der Waals surface area contributed by atoms with Crippen molar-refractivity contribution in [2.75, 3.05) is 36.8 Å². The number of ether oxygens (including phenoxy) is 4. The van der Waals surface area contributed by atoms with E-state index in [0.717, 1.165) is 51.6 Å². The fourth-order valence-corrected chi connectivity index (χ4v) is 18.8. The minimum atomic E-state index is -1.25. The van der Waals surface area contributed by atoms with E-state index in [1.807, 2.05) is 16.8 Å². The lowest BCUT2D eigenvalue weighted by atomic mass is 9.99. The highest BCUT2D eigenvalue weighted by molar-refractivity contribution is 9.10. The number of anilines is 3. The highest BCUT2D eigenvalue weighted by atomic mass is 79.9. The molecule has 4 aromatic carbocycles. The van der Waals surface area contributed by atoms with E-state index in [1.165, 1.54) is 41.4 Å². The Bertz CT molecular complexity index is 5840. The van der Waals surface area contributed by atoms with Crippen LogP contribution in [-0.4, -0.2) is 182 Å². The zero-order valence-corrected chi connectivity index (χ0v) is 67.3. The number of aliphatic hydroxyl groups excluding tert-OH is 9. The Hall–Kier alpha value is -9.31. The van der Waals surface area contributed by atoms with Gasteiger partial charge in [0.05, 0.1) is 62.4 Å². The summed E-state index contributed by atoms with van der Waals surface area (Å²) >= 11 is 22.4. The summed E-state index contributed by atoms with van der Waals surface area (Å²) in [7, 11) is 0. The van der Waals surface area contributed by atoms with E-state index < -0.39 is 127 Å². The van der Waals surface area contributed by atoms with Crippen molar-refractivity contribution in [1.82, 2.24) is 59.1 Å². The van der Waals surface area contributed by atoms with Crippen LogP contribution in [0.5, 0.6) is 23.0 Å². The molecule has 4 saturated carbocycles. The Morgan fingerprint density at radius 2 is 0.908 bits per heavy atom. The lowest BCUT2D eigenvalue weighted by molar-refractivity contribution is -0.0168. The molecule has 8 unspecified atom stereocenters. The highest BCUT2D eigenvalue weighted by Crippen LogP contribution is 2.46. The Kier molecular flexibility index (Phi) is 24.0. The van der Waals surface area contributed by atoms with Gasteiger partial charge in [0.1, 0.15) is 136 Å². The number of hydrogen-bond acceptors (Lipinski definition) is 24.